The van der Waals surface area contributed by atoms with Crippen LogP contribution in [0.4, 0.5) is 0 Å². The van der Waals surface area contributed by atoms with Crippen molar-refractivity contribution in [2.45, 2.75) is 38.8 Å². The monoisotopic (exact) mass is 258 g/mol. The van der Waals surface area contributed by atoms with Gasteiger partial charge in [-0.05, 0) is 27.3 Å². The minimum Gasteiger partial charge on any atom is -0.465 e. The molecule has 0 spiro atoms. The van der Waals surface area contributed by atoms with Crippen LogP contribution < -0.4 is 5.32 Å². The molecule has 0 bridgehead atoms. The van der Waals surface area contributed by atoms with Gasteiger partial charge in [-0.1, -0.05) is 6.92 Å². The van der Waals surface area contributed by atoms with Crippen molar-refractivity contribution < 1.29 is 14.3 Å². The van der Waals surface area contributed by atoms with Gasteiger partial charge in [0.25, 0.3) is 0 Å². The van der Waals surface area contributed by atoms with Gasteiger partial charge in [0.15, 0.2) is 0 Å². The Labute approximate surface area is 110 Å². The lowest BCUT2D eigenvalue weighted by molar-refractivity contribution is -0.152. The van der Waals surface area contributed by atoms with Gasteiger partial charge in [0.1, 0.15) is 5.54 Å². The van der Waals surface area contributed by atoms with Crippen LogP contribution in [0.15, 0.2) is 0 Å². The molecule has 0 amide bonds. The Kier molecular flexibility index (Phi) is 6.05. The average Bonchev–Trinajstić information content (AvgIpc) is 2.39. The van der Waals surface area contributed by atoms with Crippen molar-refractivity contribution in [2.75, 3.05) is 40.0 Å². The van der Waals surface area contributed by atoms with E-state index in [2.05, 4.69) is 17.1 Å². The van der Waals surface area contributed by atoms with Crippen LogP contribution in [-0.2, 0) is 14.3 Å². The van der Waals surface area contributed by atoms with E-state index in [1.807, 2.05) is 13.8 Å². The van der Waals surface area contributed by atoms with Crippen LogP contribution in [0.2, 0.25) is 0 Å². The summed E-state index contributed by atoms with van der Waals surface area (Å²) in [6.45, 7) is 9.30. The molecular weight excluding hydrogens is 232 g/mol. The van der Waals surface area contributed by atoms with Gasteiger partial charge in [0.05, 0.1) is 19.8 Å². The molecule has 106 valence electrons. The summed E-state index contributed by atoms with van der Waals surface area (Å²) in [4.78, 5) is 14.3. The van der Waals surface area contributed by atoms with E-state index in [-0.39, 0.29) is 5.97 Å². The van der Waals surface area contributed by atoms with Crippen LogP contribution >= 0.6 is 0 Å². The van der Waals surface area contributed by atoms with E-state index in [0.717, 1.165) is 26.2 Å². The second kappa shape index (κ2) is 7.07. The summed E-state index contributed by atoms with van der Waals surface area (Å²) < 4.78 is 10.6. The predicted molar refractivity (Wildman–Crippen MR) is 70.6 cm³/mol. The third-order valence-corrected chi connectivity index (χ3v) is 3.62. The normalized spacial score (nSPS) is 24.6. The smallest absolute Gasteiger partial charge is 0.327 e. The Morgan fingerprint density at radius 2 is 2.28 bits per heavy atom. The number of ether oxygens (including phenoxy) is 2. The fourth-order valence-electron chi connectivity index (χ4n) is 2.22. The summed E-state index contributed by atoms with van der Waals surface area (Å²) in [7, 11) is 1.80. The first-order valence-electron chi connectivity index (χ1n) is 6.75. The number of likely N-dealkylation sites (N-methyl/N-ethyl adjacent to an activating group) is 1. The first kappa shape index (κ1) is 15.4. The number of carbonyl (C=O) groups is 1. The van der Waals surface area contributed by atoms with Crippen molar-refractivity contribution in [3.8, 4) is 0 Å². The SMILES string of the molecule is CCOC(=O)C(C)(CN1CCOCC1CC)NC. The Morgan fingerprint density at radius 3 is 2.83 bits per heavy atom. The maximum absolute atomic E-state index is 12.0. The van der Waals surface area contributed by atoms with E-state index in [1.165, 1.54) is 0 Å². The molecule has 0 aliphatic carbocycles. The number of hydrogen-bond acceptors (Lipinski definition) is 5. The van der Waals surface area contributed by atoms with Gasteiger partial charge in [-0.3, -0.25) is 9.69 Å². The molecule has 0 aromatic carbocycles. The topological polar surface area (TPSA) is 50.8 Å². The standard InChI is InChI=1S/C13H26N2O3/c1-5-11-9-17-8-7-15(11)10-13(3,14-4)12(16)18-6-2/h11,14H,5-10H2,1-4H3. The van der Waals surface area contributed by atoms with E-state index < -0.39 is 5.54 Å². The number of carbonyl (C=O) groups excluding carboxylic acids is 1. The van der Waals surface area contributed by atoms with E-state index >= 15 is 0 Å². The van der Waals surface area contributed by atoms with Gasteiger partial charge >= 0.3 is 5.97 Å². The summed E-state index contributed by atoms with van der Waals surface area (Å²) in [5, 5.41) is 3.10. The maximum atomic E-state index is 12.0. The summed E-state index contributed by atoms with van der Waals surface area (Å²) in [6, 6.07) is 0.390. The molecule has 2 atom stereocenters. The number of hydrogen-bond donors (Lipinski definition) is 1. The Bertz CT molecular complexity index is 273. The zero-order valence-electron chi connectivity index (χ0n) is 12.0. The van der Waals surface area contributed by atoms with Crippen molar-refractivity contribution in [1.82, 2.24) is 10.2 Å². The molecule has 5 nitrogen and oxygen atoms in total. The van der Waals surface area contributed by atoms with Crippen molar-refractivity contribution in [3.63, 3.8) is 0 Å². The van der Waals surface area contributed by atoms with E-state index in [1.54, 1.807) is 7.05 Å². The second-order valence-corrected chi connectivity index (χ2v) is 4.91. The lowest BCUT2D eigenvalue weighted by Crippen LogP contribution is -2.60. The molecule has 1 aliphatic heterocycles. The number of rotatable bonds is 6. The lowest BCUT2D eigenvalue weighted by atomic mass is 10.00. The van der Waals surface area contributed by atoms with E-state index in [9.17, 15) is 4.79 Å². The van der Waals surface area contributed by atoms with E-state index in [4.69, 9.17) is 9.47 Å². The van der Waals surface area contributed by atoms with Crippen LogP contribution in [0, 0.1) is 0 Å². The highest BCUT2D eigenvalue weighted by atomic mass is 16.5. The minimum absolute atomic E-state index is 0.186. The molecule has 0 aromatic heterocycles. The highest BCUT2D eigenvalue weighted by Crippen LogP contribution is 2.16. The molecular formula is C13H26N2O3. The van der Waals surface area contributed by atoms with Gasteiger partial charge < -0.3 is 14.8 Å². The lowest BCUT2D eigenvalue weighted by Gasteiger charge is -2.40. The van der Waals surface area contributed by atoms with Crippen LogP contribution in [0.25, 0.3) is 0 Å². The molecule has 1 fully saturated rings. The van der Waals surface area contributed by atoms with Crippen molar-refractivity contribution in [2.24, 2.45) is 0 Å². The highest BCUT2D eigenvalue weighted by molar-refractivity contribution is 5.80. The molecule has 5 heteroatoms. The summed E-state index contributed by atoms with van der Waals surface area (Å²) in [5.41, 5.74) is -0.652. The zero-order valence-corrected chi connectivity index (χ0v) is 12.0. The first-order chi connectivity index (χ1) is 8.57. The summed E-state index contributed by atoms with van der Waals surface area (Å²) in [6.07, 6.45) is 1.03. The van der Waals surface area contributed by atoms with Crippen LogP contribution in [0.3, 0.4) is 0 Å². The molecule has 2 unspecified atom stereocenters. The van der Waals surface area contributed by atoms with Crippen LogP contribution in [-0.4, -0.2) is 62.4 Å². The first-order valence-corrected chi connectivity index (χ1v) is 6.75. The molecule has 1 heterocycles. The van der Waals surface area contributed by atoms with Crippen molar-refractivity contribution in [3.05, 3.63) is 0 Å². The molecule has 1 saturated heterocycles. The zero-order chi connectivity index (χ0) is 13.6. The number of morpholine rings is 1. The molecule has 0 radical (unpaired) electrons. The third-order valence-electron chi connectivity index (χ3n) is 3.62. The molecule has 1 aliphatic rings. The number of nitrogens with one attached hydrogen (secondary N) is 1. The van der Waals surface area contributed by atoms with Gasteiger partial charge in [-0.25, -0.2) is 0 Å². The number of nitrogens with zero attached hydrogens (tertiary/aromatic N) is 1. The van der Waals surface area contributed by atoms with Crippen molar-refractivity contribution in [1.29, 1.82) is 0 Å². The Balaban J connectivity index is 2.68. The number of esters is 1. The minimum atomic E-state index is -0.652. The quantitative estimate of drug-likeness (QED) is 0.709. The molecule has 18 heavy (non-hydrogen) atoms. The third kappa shape index (κ3) is 3.67. The average molecular weight is 258 g/mol. The summed E-state index contributed by atoms with van der Waals surface area (Å²) in [5.74, 6) is -0.186. The Hall–Kier alpha value is -0.650. The second-order valence-electron chi connectivity index (χ2n) is 4.91. The maximum Gasteiger partial charge on any atom is 0.327 e. The molecule has 0 aromatic rings. The Morgan fingerprint density at radius 1 is 1.56 bits per heavy atom. The molecule has 0 saturated carbocycles. The van der Waals surface area contributed by atoms with Gasteiger partial charge in [0.2, 0.25) is 0 Å². The van der Waals surface area contributed by atoms with Crippen LogP contribution in [0.5, 0.6) is 0 Å². The summed E-state index contributed by atoms with van der Waals surface area (Å²) >= 11 is 0. The molecule has 1 rings (SSSR count). The molecule has 1 N–H and O–H groups in total. The fraction of sp³-hybridized carbons (Fsp3) is 0.923. The highest BCUT2D eigenvalue weighted by Gasteiger charge is 2.37. The van der Waals surface area contributed by atoms with Gasteiger partial charge in [-0.15, -0.1) is 0 Å². The van der Waals surface area contributed by atoms with Crippen molar-refractivity contribution >= 4 is 5.97 Å². The van der Waals surface area contributed by atoms with Gasteiger partial charge in [-0.2, -0.15) is 0 Å². The fourth-order valence-corrected chi connectivity index (χ4v) is 2.22. The van der Waals surface area contributed by atoms with Crippen LogP contribution in [0.1, 0.15) is 27.2 Å². The largest absolute Gasteiger partial charge is 0.465 e. The predicted octanol–water partition coefficient (Wildman–Crippen LogP) is 0.638. The van der Waals surface area contributed by atoms with E-state index in [0.29, 0.717) is 19.2 Å². The van der Waals surface area contributed by atoms with Gasteiger partial charge in [0, 0.05) is 19.1 Å².